The lowest BCUT2D eigenvalue weighted by molar-refractivity contribution is 0.559. The number of para-hydroxylation sites is 2. The maximum absolute atomic E-state index is 5.99. The molecular formula is C13H16N4OSi. The quantitative estimate of drug-likeness (QED) is 0.634. The van der Waals surface area contributed by atoms with Gasteiger partial charge >= 0.3 is 0 Å². The van der Waals surface area contributed by atoms with Crippen molar-refractivity contribution in [3.05, 3.63) is 42.7 Å². The van der Waals surface area contributed by atoms with Crippen LogP contribution in [-0.2, 0) is 0 Å². The molecule has 1 heterocycles. The average molecular weight is 272 g/mol. The van der Waals surface area contributed by atoms with Crippen molar-refractivity contribution < 1.29 is 4.43 Å². The summed E-state index contributed by atoms with van der Waals surface area (Å²) in [5.74, 6) is 1.32. The highest BCUT2D eigenvalue weighted by Crippen LogP contribution is 2.28. The summed E-state index contributed by atoms with van der Waals surface area (Å²) in [6.07, 6.45) is 4.49. The van der Waals surface area contributed by atoms with E-state index in [1.54, 1.807) is 6.21 Å². The molecule has 6 heteroatoms. The molecular weight excluding hydrogens is 256 g/mol. The van der Waals surface area contributed by atoms with Crippen LogP contribution in [0.15, 0.2) is 41.9 Å². The predicted octanol–water partition coefficient (Wildman–Crippen LogP) is 2.84. The van der Waals surface area contributed by atoms with Crippen LogP contribution < -0.4 is 4.43 Å². The van der Waals surface area contributed by atoms with E-state index in [0.717, 1.165) is 11.4 Å². The molecule has 0 unspecified atom stereocenters. The second-order valence-electron chi connectivity index (χ2n) is 4.94. The van der Waals surface area contributed by atoms with Crippen molar-refractivity contribution in [3.8, 4) is 5.75 Å². The van der Waals surface area contributed by atoms with Gasteiger partial charge in [0.05, 0.1) is 6.21 Å². The largest absolute Gasteiger partial charge is 0.543 e. The summed E-state index contributed by atoms with van der Waals surface area (Å²) in [5, 5.41) is 0. The lowest BCUT2D eigenvalue weighted by atomic mass is 10.3. The molecule has 98 valence electrons. The smallest absolute Gasteiger partial charge is 0.242 e. The standard InChI is InChI=1S/C13H16N4OSi/c1-19(2,3)18-12-7-5-4-6-11(12)15-8-13-16-9-14-10-17-13/h4-10H,1-3H3/b15-8+. The Hall–Kier alpha value is -2.08. The Morgan fingerprint density at radius 1 is 1.11 bits per heavy atom. The topological polar surface area (TPSA) is 60.3 Å². The van der Waals surface area contributed by atoms with Crippen molar-refractivity contribution in [2.75, 3.05) is 0 Å². The maximum atomic E-state index is 5.99. The lowest BCUT2D eigenvalue weighted by Crippen LogP contribution is -2.29. The Kier molecular flexibility index (Phi) is 4.01. The van der Waals surface area contributed by atoms with Crippen LogP contribution >= 0.6 is 0 Å². The summed E-state index contributed by atoms with van der Waals surface area (Å²) in [7, 11) is -1.65. The van der Waals surface area contributed by atoms with Gasteiger partial charge in [-0.3, -0.25) is 0 Å². The van der Waals surface area contributed by atoms with Gasteiger partial charge in [-0.25, -0.2) is 19.9 Å². The molecule has 0 radical (unpaired) electrons. The first kappa shape index (κ1) is 13.4. The summed E-state index contributed by atoms with van der Waals surface area (Å²) < 4.78 is 5.99. The van der Waals surface area contributed by atoms with E-state index in [4.69, 9.17) is 4.43 Å². The fourth-order valence-electron chi connectivity index (χ4n) is 1.42. The van der Waals surface area contributed by atoms with Crippen molar-refractivity contribution >= 4 is 20.2 Å². The second kappa shape index (κ2) is 5.70. The first-order chi connectivity index (χ1) is 9.04. The van der Waals surface area contributed by atoms with Crippen LogP contribution in [0.5, 0.6) is 5.75 Å². The van der Waals surface area contributed by atoms with E-state index in [1.165, 1.54) is 12.7 Å². The fraction of sp³-hybridized carbons (Fsp3) is 0.231. The molecule has 5 nitrogen and oxygen atoms in total. The Morgan fingerprint density at radius 2 is 1.79 bits per heavy atom. The molecule has 0 fully saturated rings. The van der Waals surface area contributed by atoms with Crippen LogP contribution in [0.2, 0.25) is 19.6 Å². The number of aromatic nitrogens is 3. The molecule has 0 atom stereocenters. The molecule has 0 saturated heterocycles. The average Bonchev–Trinajstić information content (AvgIpc) is 2.37. The summed E-state index contributed by atoms with van der Waals surface area (Å²) in [6.45, 7) is 6.42. The number of hydrogen-bond acceptors (Lipinski definition) is 5. The first-order valence-electron chi connectivity index (χ1n) is 5.99. The van der Waals surface area contributed by atoms with Crippen LogP contribution in [0.1, 0.15) is 5.82 Å². The molecule has 0 aliphatic carbocycles. The minimum absolute atomic E-state index is 0.526. The highest BCUT2D eigenvalue weighted by Gasteiger charge is 2.17. The molecule has 0 saturated carbocycles. The van der Waals surface area contributed by atoms with Crippen molar-refractivity contribution in [2.24, 2.45) is 4.99 Å². The monoisotopic (exact) mass is 272 g/mol. The second-order valence-corrected chi connectivity index (χ2v) is 9.37. The van der Waals surface area contributed by atoms with Crippen LogP contribution in [0.25, 0.3) is 0 Å². The SMILES string of the molecule is C[Si](C)(C)Oc1ccccc1/N=C/c1ncncn1. The summed E-state index contributed by atoms with van der Waals surface area (Å²) in [5.41, 5.74) is 0.783. The van der Waals surface area contributed by atoms with Crippen molar-refractivity contribution in [1.29, 1.82) is 0 Å². The zero-order valence-corrected chi connectivity index (χ0v) is 12.2. The Bertz CT molecular complexity index is 566. The van der Waals surface area contributed by atoms with Gasteiger partial charge < -0.3 is 4.43 Å². The van der Waals surface area contributed by atoms with E-state index >= 15 is 0 Å². The molecule has 2 rings (SSSR count). The molecule has 0 aliphatic heterocycles. The van der Waals surface area contributed by atoms with Crippen molar-refractivity contribution in [2.45, 2.75) is 19.6 Å². The number of aliphatic imine (C=N–C) groups is 1. The highest BCUT2D eigenvalue weighted by atomic mass is 28.4. The molecule has 1 aromatic carbocycles. The number of hydrogen-bond donors (Lipinski definition) is 0. The Labute approximate surface area is 113 Å². The Balaban J connectivity index is 2.23. The fourth-order valence-corrected chi connectivity index (χ4v) is 2.25. The van der Waals surface area contributed by atoms with E-state index in [-0.39, 0.29) is 0 Å². The first-order valence-corrected chi connectivity index (χ1v) is 9.39. The summed E-state index contributed by atoms with van der Waals surface area (Å²) in [4.78, 5) is 16.1. The van der Waals surface area contributed by atoms with Gasteiger partial charge in [-0.2, -0.15) is 0 Å². The van der Waals surface area contributed by atoms with Gasteiger partial charge in [-0.15, -0.1) is 0 Å². The van der Waals surface area contributed by atoms with Gasteiger partial charge in [0.1, 0.15) is 24.1 Å². The van der Waals surface area contributed by atoms with Crippen LogP contribution in [0.3, 0.4) is 0 Å². The molecule has 0 N–H and O–H groups in total. The molecule has 1 aromatic heterocycles. The van der Waals surface area contributed by atoms with E-state index in [0.29, 0.717) is 5.82 Å². The lowest BCUT2D eigenvalue weighted by Gasteiger charge is -2.20. The van der Waals surface area contributed by atoms with E-state index in [1.807, 2.05) is 24.3 Å². The molecule has 19 heavy (non-hydrogen) atoms. The maximum Gasteiger partial charge on any atom is 0.242 e. The van der Waals surface area contributed by atoms with Crippen LogP contribution in [0, 0.1) is 0 Å². The minimum Gasteiger partial charge on any atom is -0.543 e. The number of nitrogens with zero attached hydrogens (tertiary/aromatic N) is 4. The van der Waals surface area contributed by atoms with E-state index in [9.17, 15) is 0 Å². The number of rotatable bonds is 4. The van der Waals surface area contributed by atoms with Gasteiger partial charge in [0, 0.05) is 0 Å². The van der Waals surface area contributed by atoms with Crippen LogP contribution in [0.4, 0.5) is 5.69 Å². The molecule has 0 aliphatic rings. The Morgan fingerprint density at radius 3 is 2.47 bits per heavy atom. The number of benzene rings is 1. The third-order valence-electron chi connectivity index (χ3n) is 2.11. The van der Waals surface area contributed by atoms with E-state index < -0.39 is 8.32 Å². The van der Waals surface area contributed by atoms with Gasteiger partial charge in [0.25, 0.3) is 0 Å². The summed E-state index contributed by atoms with van der Waals surface area (Å²) >= 11 is 0. The third kappa shape index (κ3) is 4.25. The van der Waals surface area contributed by atoms with E-state index in [2.05, 4.69) is 39.6 Å². The zero-order chi connectivity index (χ0) is 13.7. The highest BCUT2D eigenvalue weighted by molar-refractivity contribution is 6.70. The van der Waals surface area contributed by atoms with Crippen molar-refractivity contribution in [3.63, 3.8) is 0 Å². The predicted molar refractivity (Wildman–Crippen MR) is 77.5 cm³/mol. The zero-order valence-electron chi connectivity index (χ0n) is 11.2. The minimum atomic E-state index is -1.65. The third-order valence-corrected chi connectivity index (χ3v) is 2.95. The van der Waals surface area contributed by atoms with Gasteiger partial charge in [0.2, 0.25) is 8.32 Å². The van der Waals surface area contributed by atoms with Crippen molar-refractivity contribution in [1.82, 2.24) is 15.0 Å². The molecule has 2 aromatic rings. The van der Waals surface area contributed by atoms with Crippen LogP contribution in [-0.4, -0.2) is 29.5 Å². The normalized spacial score (nSPS) is 11.7. The van der Waals surface area contributed by atoms with Gasteiger partial charge in [0.15, 0.2) is 5.82 Å². The molecule has 0 bridgehead atoms. The molecule has 0 amide bonds. The summed E-state index contributed by atoms with van der Waals surface area (Å²) in [6, 6.07) is 7.71. The molecule has 0 spiro atoms. The van der Waals surface area contributed by atoms with Gasteiger partial charge in [-0.1, -0.05) is 12.1 Å². The van der Waals surface area contributed by atoms with Gasteiger partial charge in [-0.05, 0) is 31.8 Å².